The number of ether oxygens (including phenoxy) is 1. The van der Waals surface area contributed by atoms with Crippen molar-refractivity contribution in [1.29, 1.82) is 0 Å². The first kappa shape index (κ1) is 17.3. The third kappa shape index (κ3) is 1.96. The van der Waals surface area contributed by atoms with Gasteiger partial charge in [0.1, 0.15) is 11.5 Å². The van der Waals surface area contributed by atoms with Gasteiger partial charge in [0.2, 0.25) is 0 Å². The molecule has 0 saturated heterocycles. The number of hydrogen-bond donors (Lipinski definition) is 1. The van der Waals surface area contributed by atoms with Crippen molar-refractivity contribution in [2.45, 2.75) is 5.41 Å². The SMILES string of the molecule is c1ccc2c(c1)Oc1ccccc1C21c2ccccc2-c2c1ccc1c2[nH]c2ccccc21. The van der Waals surface area contributed by atoms with Crippen LogP contribution in [0.4, 0.5) is 0 Å². The van der Waals surface area contributed by atoms with Crippen molar-refractivity contribution >= 4 is 21.8 Å². The van der Waals surface area contributed by atoms with Gasteiger partial charge in [0, 0.05) is 33.0 Å². The lowest BCUT2D eigenvalue weighted by atomic mass is 9.66. The number of H-pyrrole nitrogens is 1. The molecule has 0 fully saturated rings. The van der Waals surface area contributed by atoms with E-state index in [2.05, 4.69) is 114 Å². The zero-order chi connectivity index (χ0) is 21.6. The third-order valence-electron chi connectivity index (χ3n) is 7.49. The summed E-state index contributed by atoms with van der Waals surface area (Å²) < 4.78 is 6.42. The molecule has 1 aromatic heterocycles. The van der Waals surface area contributed by atoms with Gasteiger partial charge in [-0.05, 0) is 34.9 Å². The number of para-hydroxylation sites is 3. The second-order valence-electron chi connectivity index (χ2n) is 8.97. The third-order valence-corrected chi connectivity index (χ3v) is 7.49. The molecule has 33 heavy (non-hydrogen) atoms. The molecule has 6 aromatic rings. The summed E-state index contributed by atoms with van der Waals surface area (Å²) in [6.07, 6.45) is 0. The number of aromatic amines is 1. The van der Waals surface area contributed by atoms with Crippen LogP contribution in [0.1, 0.15) is 22.3 Å². The molecule has 1 spiro atoms. The lowest BCUT2D eigenvalue weighted by molar-refractivity contribution is 0.436. The fourth-order valence-electron chi connectivity index (χ4n) is 6.26. The molecule has 1 aliphatic heterocycles. The molecule has 0 bridgehead atoms. The van der Waals surface area contributed by atoms with Crippen molar-refractivity contribution in [1.82, 2.24) is 4.98 Å². The van der Waals surface area contributed by atoms with Crippen LogP contribution in [-0.2, 0) is 5.41 Å². The molecule has 0 radical (unpaired) electrons. The van der Waals surface area contributed by atoms with E-state index in [4.69, 9.17) is 4.74 Å². The maximum Gasteiger partial charge on any atom is 0.132 e. The Hall–Kier alpha value is -4.30. The largest absolute Gasteiger partial charge is 0.457 e. The van der Waals surface area contributed by atoms with Crippen molar-refractivity contribution in [3.8, 4) is 22.6 Å². The van der Waals surface area contributed by atoms with E-state index >= 15 is 0 Å². The molecule has 2 aliphatic rings. The molecule has 2 heterocycles. The Labute approximate surface area is 191 Å². The molecule has 1 N–H and O–H groups in total. The Morgan fingerprint density at radius 3 is 1.94 bits per heavy atom. The van der Waals surface area contributed by atoms with Crippen molar-refractivity contribution in [3.05, 3.63) is 131 Å². The summed E-state index contributed by atoms with van der Waals surface area (Å²) in [6.45, 7) is 0. The highest BCUT2D eigenvalue weighted by Gasteiger charge is 2.51. The van der Waals surface area contributed by atoms with E-state index in [1.807, 2.05) is 0 Å². The highest BCUT2D eigenvalue weighted by Crippen LogP contribution is 2.62. The van der Waals surface area contributed by atoms with E-state index in [1.165, 1.54) is 55.2 Å². The maximum atomic E-state index is 6.42. The van der Waals surface area contributed by atoms with E-state index < -0.39 is 5.41 Å². The van der Waals surface area contributed by atoms with Crippen molar-refractivity contribution in [2.75, 3.05) is 0 Å². The van der Waals surface area contributed by atoms with Gasteiger partial charge in [0.15, 0.2) is 0 Å². The first-order valence-electron chi connectivity index (χ1n) is 11.4. The number of nitrogens with one attached hydrogen (secondary N) is 1. The molecule has 0 saturated carbocycles. The van der Waals surface area contributed by atoms with E-state index in [1.54, 1.807) is 0 Å². The number of fused-ring (bicyclic) bond motifs is 13. The van der Waals surface area contributed by atoms with Crippen LogP contribution in [0.15, 0.2) is 109 Å². The average Bonchev–Trinajstić information content (AvgIpc) is 3.39. The second kappa shape index (κ2) is 5.93. The summed E-state index contributed by atoms with van der Waals surface area (Å²) >= 11 is 0. The minimum Gasteiger partial charge on any atom is -0.457 e. The Bertz CT molecular complexity index is 1710. The average molecular weight is 421 g/mol. The number of rotatable bonds is 0. The van der Waals surface area contributed by atoms with Crippen LogP contribution in [0.25, 0.3) is 32.9 Å². The Morgan fingerprint density at radius 1 is 0.515 bits per heavy atom. The van der Waals surface area contributed by atoms with Crippen LogP contribution < -0.4 is 4.74 Å². The van der Waals surface area contributed by atoms with E-state index in [9.17, 15) is 0 Å². The van der Waals surface area contributed by atoms with Gasteiger partial charge in [-0.2, -0.15) is 0 Å². The van der Waals surface area contributed by atoms with Crippen LogP contribution in [0, 0.1) is 0 Å². The summed E-state index contributed by atoms with van der Waals surface area (Å²) in [5.74, 6) is 1.85. The van der Waals surface area contributed by atoms with Crippen molar-refractivity contribution in [2.24, 2.45) is 0 Å². The number of aromatic nitrogens is 1. The molecule has 0 unspecified atom stereocenters. The standard InChI is InChI=1S/C31H19NO/c1-3-11-22-21(10-1)29-25(18-17-20-19-9-2-6-14-26(19)32-30(20)29)31(22)23-12-4-7-15-27(23)33-28-16-8-5-13-24(28)31/h1-18,32H. The van der Waals surface area contributed by atoms with E-state index in [-0.39, 0.29) is 0 Å². The quantitative estimate of drug-likeness (QED) is 0.266. The van der Waals surface area contributed by atoms with Gasteiger partial charge < -0.3 is 9.72 Å². The lowest BCUT2D eigenvalue weighted by Crippen LogP contribution is -2.32. The van der Waals surface area contributed by atoms with Crippen LogP contribution in [0.2, 0.25) is 0 Å². The molecule has 154 valence electrons. The van der Waals surface area contributed by atoms with Gasteiger partial charge in [-0.3, -0.25) is 0 Å². The fourth-order valence-corrected chi connectivity index (χ4v) is 6.26. The fraction of sp³-hybridized carbons (Fsp3) is 0.0323. The lowest BCUT2D eigenvalue weighted by Gasteiger charge is -2.39. The zero-order valence-corrected chi connectivity index (χ0v) is 17.8. The molecular formula is C31H19NO. The van der Waals surface area contributed by atoms with Gasteiger partial charge in [-0.25, -0.2) is 0 Å². The smallest absolute Gasteiger partial charge is 0.132 e. The molecule has 1 aliphatic carbocycles. The molecule has 0 atom stereocenters. The predicted molar refractivity (Wildman–Crippen MR) is 133 cm³/mol. The Kier molecular flexibility index (Phi) is 3.11. The topological polar surface area (TPSA) is 25.0 Å². The van der Waals surface area contributed by atoms with Crippen LogP contribution in [-0.4, -0.2) is 4.98 Å². The van der Waals surface area contributed by atoms with E-state index in [0.29, 0.717) is 0 Å². The molecule has 2 heteroatoms. The Balaban J connectivity index is 1.62. The molecule has 0 amide bonds. The monoisotopic (exact) mass is 421 g/mol. The van der Waals surface area contributed by atoms with Gasteiger partial charge in [-0.1, -0.05) is 91.0 Å². The summed E-state index contributed by atoms with van der Waals surface area (Å²) in [7, 11) is 0. The minimum absolute atomic E-state index is 0.414. The Morgan fingerprint density at radius 2 is 1.15 bits per heavy atom. The molecule has 2 nitrogen and oxygen atoms in total. The molecular weight excluding hydrogens is 402 g/mol. The molecule has 8 rings (SSSR count). The second-order valence-corrected chi connectivity index (χ2v) is 8.97. The predicted octanol–water partition coefficient (Wildman–Crippen LogP) is 7.79. The van der Waals surface area contributed by atoms with Crippen LogP contribution >= 0.6 is 0 Å². The first-order chi connectivity index (χ1) is 16.4. The van der Waals surface area contributed by atoms with Crippen LogP contribution in [0.3, 0.4) is 0 Å². The normalized spacial score (nSPS) is 14.5. The highest BCUT2D eigenvalue weighted by molar-refractivity contribution is 6.14. The van der Waals surface area contributed by atoms with Crippen LogP contribution in [0.5, 0.6) is 11.5 Å². The number of hydrogen-bond acceptors (Lipinski definition) is 1. The maximum absolute atomic E-state index is 6.42. The van der Waals surface area contributed by atoms with Crippen molar-refractivity contribution < 1.29 is 4.74 Å². The van der Waals surface area contributed by atoms with E-state index in [0.717, 1.165) is 11.5 Å². The van der Waals surface area contributed by atoms with Gasteiger partial charge in [0.25, 0.3) is 0 Å². The van der Waals surface area contributed by atoms with Crippen molar-refractivity contribution in [3.63, 3.8) is 0 Å². The first-order valence-corrected chi connectivity index (χ1v) is 11.4. The minimum atomic E-state index is -0.414. The van der Waals surface area contributed by atoms with Gasteiger partial charge >= 0.3 is 0 Å². The summed E-state index contributed by atoms with van der Waals surface area (Å²) in [6, 6.07) is 39.1. The molecule has 5 aromatic carbocycles. The summed E-state index contributed by atoms with van der Waals surface area (Å²) in [5, 5.41) is 2.53. The highest BCUT2D eigenvalue weighted by atomic mass is 16.5. The van der Waals surface area contributed by atoms with Gasteiger partial charge in [0.05, 0.1) is 10.9 Å². The summed E-state index contributed by atoms with van der Waals surface area (Å²) in [4.78, 5) is 3.76. The van der Waals surface area contributed by atoms with Gasteiger partial charge in [-0.15, -0.1) is 0 Å². The number of benzene rings is 5. The summed E-state index contributed by atoms with van der Waals surface area (Å²) in [5.41, 5.74) is 9.58. The zero-order valence-electron chi connectivity index (χ0n) is 17.8.